The van der Waals surface area contributed by atoms with Crippen LogP contribution >= 0.6 is 0 Å². The molecule has 0 bridgehead atoms. The standard InChI is InChI=1S/C3H12N4O/c1-2(8)6-3(4)7-5/h2-3,6-8H,4-5H2,1H3. The number of hydrazine groups is 1. The van der Waals surface area contributed by atoms with Crippen LogP contribution in [0.4, 0.5) is 0 Å². The van der Waals surface area contributed by atoms with E-state index in [0.717, 1.165) is 0 Å². The van der Waals surface area contributed by atoms with Gasteiger partial charge in [0.15, 0.2) is 0 Å². The Morgan fingerprint density at radius 2 is 2.12 bits per heavy atom. The lowest BCUT2D eigenvalue weighted by molar-refractivity contribution is 0.134. The molecule has 0 fully saturated rings. The maximum Gasteiger partial charge on any atom is 0.123 e. The van der Waals surface area contributed by atoms with Gasteiger partial charge in [-0.1, -0.05) is 0 Å². The molecule has 5 heteroatoms. The monoisotopic (exact) mass is 120 g/mol. The molecule has 0 saturated heterocycles. The summed E-state index contributed by atoms with van der Waals surface area (Å²) in [5, 5.41) is 11.1. The van der Waals surface area contributed by atoms with E-state index in [1.54, 1.807) is 6.92 Å². The summed E-state index contributed by atoms with van der Waals surface area (Å²) in [6.07, 6.45) is -1.18. The maximum atomic E-state index is 8.57. The van der Waals surface area contributed by atoms with Crippen LogP contribution in [0.2, 0.25) is 0 Å². The van der Waals surface area contributed by atoms with Crippen LogP contribution in [-0.2, 0) is 0 Å². The van der Waals surface area contributed by atoms with Gasteiger partial charge in [0.25, 0.3) is 0 Å². The predicted molar refractivity (Wildman–Crippen MR) is 30.1 cm³/mol. The van der Waals surface area contributed by atoms with Crippen molar-refractivity contribution in [2.75, 3.05) is 0 Å². The number of nitrogens with two attached hydrogens (primary N) is 2. The van der Waals surface area contributed by atoms with E-state index < -0.39 is 12.5 Å². The second-order valence-corrected chi connectivity index (χ2v) is 1.49. The summed E-state index contributed by atoms with van der Waals surface area (Å²) >= 11 is 0. The van der Waals surface area contributed by atoms with Gasteiger partial charge >= 0.3 is 0 Å². The van der Waals surface area contributed by atoms with Gasteiger partial charge in [-0.05, 0) is 6.92 Å². The van der Waals surface area contributed by atoms with Crippen LogP contribution in [-0.4, -0.2) is 17.6 Å². The van der Waals surface area contributed by atoms with Gasteiger partial charge in [-0.25, -0.2) is 5.43 Å². The Hall–Kier alpha value is -0.200. The Balaban J connectivity index is 3.10. The molecule has 0 saturated carbocycles. The van der Waals surface area contributed by atoms with Crippen LogP contribution in [0.25, 0.3) is 0 Å². The van der Waals surface area contributed by atoms with Crippen LogP contribution in [0.15, 0.2) is 0 Å². The summed E-state index contributed by atoms with van der Waals surface area (Å²) in [6, 6.07) is 0. The molecule has 0 heterocycles. The molecule has 7 N–H and O–H groups in total. The van der Waals surface area contributed by atoms with Gasteiger partial charge in [0.1, 0.15) is 12.5 Å². The van der Waals surface area contributed by atoms with Crippen molar-refractivity contribution in [1.82, 2.24) is 10.7 Å². The molecule has 0 aliphatic carbocycles. The number of rotatable bonds is 3. The molecule has 0 radical (unpaired) electrons. The summed E-state index contributed by atoms with van der Waals surface area (Å²) in [6.45, 7) is 1.55. The first-order chi connectivity index (χ1) is 3.66. The average Bonchev–Trinajstić information content (AvgIpc) is 1.65. The lowest BCUT2D eigenvalue weighted by Crippen LogP contribution is -2.55. The Bertz CT molecular complexity index is 57.2. The van der Waals surface area contributed by atoms with Gasteiger partial charge in [-0.15, -0.1) is 0 Å². The zero-order chi connectivity index (χ0) is 6.57. The van der Waals surface area contributed by atoms with Crippen molar-refractivity contribution in [3.8, 4) is 0 Å². The number of hydrogen-bond donors (Lipinski definition) is 5. The molecule has 0 aromatic carbocycles. The Morgan fingerprint density at radius 1 is 1.62 bits per heavy atom. The first-order valence-corrected chi connectivity index (χ1v) is 2.32. The molecule has 0 aliphatic heterocycles. The Morgan fingerprint density at radius 3 is 2.25 bits per heavy atom. The molecule has 0 aromatic rings. The van der Waals surface area contributed by atoms with Crippen molar-refractivity contribution < 1.29 is 5.11 Å². The van der Waals surface area contributed by atoms with Gasteiger partial charge in [0.05, 0.1) is 0 Å². The van der Waals surface area contributed by atoms with Crippen LogP contribution in [0.5, 0.6) is 0 Å². The van der Waals surface area contributed by atoms with Crippen molar-refractivity contribution in [1.29, 1.82) is 0 Å². The highest BCUT2D eigenvalue weighted by atomic mass is 16.3. The van der Waals surface area contributed by atoms with E-state index in [1.807, 2.05) is 0 Å². The van der Waals surface area contributed by atoms with E-state index in [9.17, 15) is 0 Å². The highest BCUT2D eigenvalue weighted by Crippen LogP contribution is 1.68. The third-order valence-corrected chi connectivity index (χ3v) is 0.600. The minimum atomic E-state index is -0.638. The van der Waals surface area contributed by atoms with Gasteiger partial charge in [0, 0.05) is 0 Å². The van der Waals surface area contributed by atoms with Crippen molar-refractivity contribution in [3.05, 3.63) is 0 Å². The van der Waals surface area contributed by atoms with E-state index in [-0.39, 0.29) is 0 Å². The molecule has 8 heavy (non-hydrogen) atoms. The van der Waals surface area contributed by atoms with Crippen molar-refractivity contribution in [2.45, 2.75) is 19.4 Å². The predicted octanol–water partition coefficient (Wildman–Crippen LogP) is -2.38. The Labute approximate surface area is 48.0 Å². The third kappa shape index (κ3) is 3.97. The average molecular weight is 120 g/mol. The summed E-state index contributed by atoms with van der Waals surface area (Å²) in [5.74, 6) is 4.87. The third-order valence-electron chi connectivity index (χ3n) is 0.600. The normalized spacial score (nSPS) is 18.0. The smallest absolute Gasteiger partial charge is 0.123 e. The van der Waals surface area contributed by atoms with Gasteiger partial charge in [-0.2, -0.15) is 0 Å². The summed E-state index contributed by atoms with van der Waals surface area (Å²) in [4.78, 5) is 0. The number of aliphatic hydroxyl groups excluding tert-OH is 1. The zero-order valence-corrected chi connectivity index (χ0v) is 4.76. The van der Waals surface area contributed by atoms with Gasteiger partial charge in [-0.3, -0.25) is 11.2 Å². The van der Waals surface area contributed by atoms with Crippen LogP contribution < -0.4 is 22.3 Å². The quantitative estimate of drug-likeness (QED) is 0.163. The second kappa shape index (κ2) is 3.76. The minimum absolute atomic E-state index is 0.546. The molecular formula is C3H12N4O. The Kier molecular flexibility index (Phi) is 3.67. The molecule has 0 spiro atoms. The van der Waals surface area contributed by atoms with Crippen molar-refractivity contribution in [3.63, 3.8) is 0 Å². The molecule has 5 nitrogen and oxygen atoms in total. The SMILES string of the molecule is CC(O)NC(N)NN. The first kappa shape index (κ1) is 7.80. The van der Waals surface area contributed by atoms with Crippen molar-refractivity contribution >= 4 is 0 Å². The fourth-order valence-corrected chi connectivity index (χ4v) is 0.308. The topological polar surface area (TPSA) is 96.3 Å². The number of hydrogen-bond acceptors (Lipinski definition) is 5. The molecule has 50 valence electrons. The highest BCUT2D eigenvalue weighted by Gasteiger charge is 1.98. The number of nitrogens with one attached hydrogen (secondary N) is 2. The van der Waals surface area contributed by atoms with E-state index in [2.05, 4.69) is 10.7 Å². The second-order valence-electron chi connectivity index (χ2n) is 1.49. The molecule has 0 aliphatic rings. The maximum absolute atomic E-state index is 8.57. The van der Waals surface area contributed by atoms with Crippen molar-refractivity contribution in [2.24, 2.45) is 11.6 Å². The molecular weight excluding hydrogens is 108 g/mol. The summed E-state index contributed by atoms with van der Waals surface area (Å²) in [5.41, 5.74) is 7.37. The van der Waals surface area contributed by atoms with E-state index in [1.165, 1.54) is 0 Å². The van der Waals surface area contributed by atoms with E-state index in [0.29, 0.717) is 0 Å². The molecule has 0 rings (SSSR count). The first-order valence-electron chi connectivity index (χ1n) is 2.32. The highest BCUT2D eigenvalue weighted by molar-refractivity contribution is 4.49. The fraction of sp³-hybridized carbons (Fsp3) is 1.00. The van der Waals surface area contributed by atoms with Gasteiger partial charge < -0.3 is 10.8 Å². The minimum Gasteiger partial charge on any atom is -0.379 e. The molecule has 2 atom stereocenters. The van der Waals surface area contributed by atoms with Gasteiger partial charge in [0.2, 0.25) is 0 Å². The van der Waals surface area contributed by atoms with Crippen LogP contribution in [0.3, 0.4) is 0 Å². The largest absolute Gasteiger partial charge is 0.379 e. The van der Waals surface area contributed by atoms with E-state index in [4.69, 9.17) is 16.7 Å². The lowest BCUT2D eigenvalue weighted by Gasteiger charge is -2.13. The summed E-state index contributed by atoms with van der Waals surface area (Å²) in [7, 11) is 0. The summed E-state index contributed by atoms with van der Waals surface area (Å²) < 4.78 is 0. The van der Waals surface area contributed by atoms with E-state index >= 15 is 0 Å². The van der Waals surface area contributed by atoms with Crippen LogP contribution in [0, 0.1) is 0 Å². The van der Waals surface area contributed by atoms with Crippen LogP contribution in [0.1, 0.15) is 6.92 Å². The molecule has 0 amide bonds. The molecule has 2 unspecified atom stereocenters. The number of aliphatic hydroxyl groups is 1. The lowest BCUT2D eigenvalue weighted by atomic mass is 10.6. The zero-order valence-electron chi connectivity index (χ0n) is 4.76. The fourth-order valence-electron chi connectivity index (χ4n) is 0.308. The molecule has 0 aromatic heterocycles.